The molecule has 1 amide bonds. The van der Waals surface area contributed by atoms with E-state index in [1.807, 2.05) is 4.90 Å². The maximum atomic E-state index is 11.5. The molecule has 0 saturated heterocycles. The fourth-order valence-corrected chi connectivity index (χ4v) is 2.94. The SMILES string of the molecule is CC[C@@H](N)c1cc2c(cc1Br)CCN2C(C)=O. The third-order valence-electron chi connectivity index (χ3n) is 3.31. The van der Waals surface area contributed by atoms with Crippen LogP contribution in [0.15, 0.2) is 16.6 Å². The zero-order valence-corrected chi connectivity index (χ0v) is 11.8. The molecule has 1 aromatic carbocycles. The molecule has 0 aromatic heterocycles. The van der Waals surface area contributed by atoms with Gasteiger partial charge in [0.25, 0.3) is 0 Å². The number of carbonyl (C=O) groups excluding carboxylic acids is 1. The molecule has 0 fully saturated rings. The lowest BCUT2D eigenvalue weighted by Gasteiger charge is -2.18. The molecule has 1 atom stereocenters. The Balaban J connectivity index is 2.47. The minimum absolute atomic E-state index is 0.0177. The van der Waals surface area contributed by atoms with Crippen LogP contribution in [-0.4, -0.2) is 12.5 Å². The molecular weight excluding hydrogens is 280 g/mol. The Labute approximate surface area is 110 Å². The molecule has 0 bridgehead atoms. The van der Waals surface area contributed by atoms with E-state index in [1.165, 1.54) is 5.56 Å². The van der Waals surface area contributed by atoms with E-state index in [0.29, 0.717) is 0 Å². The van der Waals surface area contributed by atoms with Gasteiger partial charge in [-0.1, -0.05) is 22.9 Å². The molecule has 17 heavy (non-hydrogen) atoms. The standard InChI is InChI=1S/C13H17BrN2O/c1-3-12(15)10-7-13-9(6-11(10)14)4-5-16(13)8(2)17/h6-7,12H,3-5,15H2,1-2H3/t12-/m1/s1. The maximum absolute atomic E-state index is 11.5. The van der Waals surface area contributed by atoms with Crippen molar-refractivity contribution in [3.63, 3.8) is 0 Å². The first-order valence-electron chi connectivity index (χ1n) is 5.90. The van der Waals surface area contributed by atoms with Gasteiger partial charge in [-0.25, -0.2) is 0 Å². The van der Waals surface area contributed by atoms with E-state index in [0.717, 1.165) is 35.1 Å². The normalized spacial score (nSPS) is 15.9. The first-order valence-corrected chi connectivity index (χ1v) is 6.70. The van der Waals surface area contributed by atoms with E-state index in [9.17, 15) is 4.79 Å². The third kappa shape index (κ3) is 2.24. The van der Waals surface area contributed by atoms with Gasteiger partial charge < -0.3 is 10.6 Å². The molecule has 1 aliphatic rings. The van der Waals surface area contributed by atoms with Crippen LogP contribution in [0.5, 0.6) is 0 Å². The number of nitrogens with two attached hydrogens (primary N) is 1. The Morgan fingerprint density at radius 1 is 1.59 bits per heavy atom. The number of fused-ring (bicyclic) bond motifs is 1. The number of hydrogen-bond acceptors (Lipinski definition) is 2. The highest BCUT2D eigenvalue weighted by molar-refractivity contribution is 9.10. The molecule has 1 aromatic rings. The van der Waals surface area contributed by atoms with Crippen LogP contribution < -0.4 is 10.6 Å². The fraction of sp³-hybridized carbons (Fsp3) is 0.462. The van der Waals surface area contributed by atoms with Crippen LogP contribution in [0, 0.1) is 0 Å². The van der Waals surface area contributed by atoms with E-state index in [-0.39, 0.29) is 11.9 Å². The second kappa shape index (κ2) is 4.78. The van der Waals surface area contributed by atoms with Crippen LogP contribution in [-0.2, 0) is 11.2 Å². The number of rotatable bonds is 2. The van der Waals surface area contributed by atoms with E-state index < -0.39 is 0 Å². The summed E-state index contributed by atoms with van der Waals surface area (Å²) >= 11 is 3.56. The molecule has 92 valence electrons. The lowest BCUT2D eigenvalue weighted by Crippen LogP contribution is -2.26. The topological polar surface area (TPSA) is 46.3 Å². The Hall–Kier alpha value is -0.870. The predicted octanol–water partition coefficient (Wildman–Crippen LogP) is 2.77. The average Bonchev–Trinajstić information content (AvgIpc) is 2.69. The molecule has 0 aliphatic carbocycles. The van der Waals surface area contributed by atoms with Crippen molar-refractivity contribution in [2.24, 2.45) is 5.73 Å². The molecule has 0 saturated carbocycles. The second-order valence-electron chi connectivity index (χ2n) is 4.44. The Morgan fingerprint density at radius 3 is 2.88 bits per heavy atom. The zero-order chi connectivity index (χ0) is 12.6. The van der Waals surface area contributed by atoms with Gasteiger partial charge in [0.1, 0.15) is 0 Å². The molecule has 2 rings (SSSR count). The van der Waals surface area contributed by atoms with Crippen molar-refractivity contribution in [1.82, 2.24) is 0 Å². The molecule has 2 N–H and O–H groups in total. The van der Waals surface area contributed by atoms with E-state index in [2.05, 4.69) is 35.0 Å². The summed E-state index contributed by atoms with van der Waals surface area (Å²) in [6, 6.07) is 4.18. The molecule has 1 heterocycles. The van der Waals surface area contributed by atoms with Gasteiger partial charge in [-0.2, -0.15) is 0 Å². The van der Waals surface area contributed by atoms with Gasteiger partial charge in [0.15, 0.2) is 0 Å². The van der Waals surface area contributed by atoms with Crippen molar-refractivity contribution in [1.29, 1.82) is 0 Å². The van der Waals surface area contributed by atoms with Crippen molar-refractivity contribution in [3.8, 4) is 0 Å². The summed E-state index contributed by atoms with van der Waals surface area (Å²) in [5.41, 5.74) is 9.41. The van der Waals surface area contributed by atoms with Gasteiger partial charge >= 0.3 is 0 Å². The molecule has 0 spiro atoms. The zero-order valence-electron chi connectivity index (χ0n) is 10.2. The van der Waals surface area contributed by atoms with Crippen molar-refractivity contribution < 1.29 is 4.79 Å². The van der Waals surface area contributed by atoms with Gasteiger partial charge in [0.05, 0.1) is 0 Å². The lowest BCUT2D eigenvalue weighted by molar-refractivity contribution is -0.116. The van der Waals surface area contributed by atoms with Gasteiger partial charge in [-0.05, 0) is 36.1 Å². The number of benzene rings is 1. The smallest absolute Gasteiger partial charge is 0.223 e. The van der Waals surface area contributed by atoms with Crippen LogP contribution in [0.4, 0.5) is 5.69 Å². The van der Waals surface area contributed by atoms with Gasteiger partial charge in [0, 0.05) is 29.7 Å². The third-order valence-corrected chi connectivity index (χ3v) is 4.00. The summed E-state index contributed by atoms with van der Waals surface area (Å²) < 4.78 is 1.05. The number of nitrogens with zero attached hydrogens (tertiary/aromatic N) is 1. The molecule has 0 unspecified atom stereocenters. The maximum Gasteiger partial charge on any atom is 0.223 e. The van der Waals surface area contributed by atoms with Crippen LogP contribution in [0.3, 0.4) is 0 Å². The Bertz CT molecular complexity index is 459. The van der Waals surface area contributed by atoms with Gasteiger partial charge in [-0.3, -0.25) is 4.79 Å². The van der Waals surface area contributed by atoms with E-state index in [4.69, 9.17) is 5.73 Å². The summed E-state index contributed by atoms with van der Waals surface area (Å²) in [6.07, 6.45) is 1.81. The van der Waals surface area contributed by atoms with Crippen molar-refractivity contribution in [2.75, 3.05) is 11.4 Å². The summed E-state index contributed by atoms with van der Waals surface area (Å²) in [4.78, 5) is 13.4. The van der Waals surface area contributed by atoms with Crippen molar-refractivity contribution in [2.45, 2.75) is 32.7 Å². The summed E-state index contributed by atoms with van der Waals surface area (Å²) in [6.45, 7) is 4.45. The number of halogens is 1. The first kappa shape index (κ1) is 12.6. The quantitative estimate of drug-likeness (QED) is 0.912. The largest absolute Gasteiger partial charge is 0.324 e. The molecule has 4 heteroatoms. The number of anilines is 1. The fourth-order valence-electron chi connectivity index (χ4n) is 2.25. The predicted molar refractivity (Wildman–Crippen MR) is 73.1 cm³/mol. The minimum atomic E-state index is 0.0177. The number of hydrogen-bond donors (Lipinski definition) is 1. The molecule has 3 nitrogen and oxygen atoms in total. The highest BCUT2D eigenvalue weighted by Crippen LogP contribution is 2.35. The van der Waals surface area contributed by atoms with Crippen molar-refractivity contribution >= 4 is 27.5 Å². The minimum Gasteiger partial charge on any atom is -0.324 e. The Morgan fingerprint density at radius 2 is 2.29 bits per heavy atom. The number of amides is 1. The van der Waals surface area contributed by atoms with Crippen LogP contribution in [0.1, 0.15) is 37.4 Å². The number of carbonyl (C=O) groups is 1. The molecule has 1 aliphatic heterocycles. The Kier molecular flexibility index (Phi) is 3.54. The first-order chi connectivity index (χ1) is 8.04. The van der Waals surface area contributed by atoms with Gasteiger partial charge in [0.2, 0.25) is 5.91 Å². The summed E-state index contributed by atoms with van der Waals surface area (Å²) in [5, 5.41) is 0. The highest BCUT2D eigenvalue weighted by Gasteiger charge is 2.24. The second-order valence-corrected chi connectivity index (χ2v) is 5.29. The van der Waals surface area contributed by atoms with Crippen LogP contribution in [0.25, 0.3) is 0 Å². The highest BCUT2D eigenvalue weighted by atomic mass is 79.9. The van der Waals surface area contributed by atoms with Gasteiger partial charge in [-0.15, -0.1) is 0 Å². The molecule has 0 radical (unpaired) electrons. The van der Waals surface area contributed by atoms with E-state index >= 15 is 0 Å². The van der Waals surface area contributed by atoms with Crippen LogP contribution >= 0.6 is 15.9 Å². The lowest BCUT2D eigenvalue weighted by atomic mass is 10.0. The summed E-state index contributed by atoms with van der Waals surface area (Å²) in [5.74, 6) is 0.0992. The molecular formula is C13H17BrN2O. The van der Waals surface area contributed by atoms with Crippen LogP contribution in [0.2, 0.25) is 0 Å². The van der Waals surface area contributed by atoms with E-state index in [1.54, 1.807) is 6.92 Å². The average molecular weight is 297 g/mol. The summed E-state index contributed by atoms with van der Waals surface area (Å²) in [7, 11) is 0. The van der Waals surface area contributed by atoms with Crippen molar-refractivity contribution in [3.05, 3.63) is 27.7 Å². The monoisotopic (exact) mass is 296 g/mol.